The summed E-state index contributed by atoms with van der Waals surface area (Å²) in [6.45, 7) is 17.3. The second-order valence-electron chi connectivity index (χ2n) is 11.3. The molecule has 1 saturated heterocycles. The van der Waals surface area contributed by atoms with E-state index in [1.807, 2.05) is 27.7 Å². The highest BCUT2D eigenvalue weighted by molar-refractivity contribution is 5.98. The first-order valence-electron chi connectivity index (χ1n) is 13.1. The summed E-state index contributed by atoms with van der Waals surface area (Å²) in [4.78, 5) is 50.7. The molecule has 0 saturated carbocycles. The van der Waals surface area contributed by atoms with E-state index in [0.717, 1.165) is 12.8 Å². The van der Waals surface area contributed by atoms with Crippen LogP contribution >= 0.6 is 0 Å². The Hall–Kier alpha value is -2.16. The van der Waals surface area contributed by atoms with Gasteiger partial charge in [0.15, 0.2) is 12.2 Å². The number of hydrogen-bond donors (Lipinski definition) is 4. The second kappa shape index (κ2) is 15.1. The van der Waals surface area contributed by atoms with Gasteiger partial charge in [-0.15, -0.1) is 0 Å². The van der Waals surface area contributed by atoms with E-state index >= 15 is 0 Å². The molecule has 0 aromatic carbocycles. The number of ether oxygens (including phenoxy) is 1. The van der Waals surface area contributed by atoms with Crippen molar-refractivity contribution in [1.29, 1.82) is 0 Å². The standard InChI is InChI=1S/C26H48N4O5/c1-15(2)9-11-27-23(31)19(13-17(5)6)29-25(33)21-22(35-21)26(34)30-20(14-18(7)8)24(32)28-12-10-16(3)4/h15-22H,9-14H2,1-8H3,(H,27,31)(H,28,32)(H,29,33)(H,30,34)/t19-,20-,21-,22-/m0/s1. The van der Waals surface area contributed by atoms with Crippen LogP contribution in [0.2, 0.25) is 0 Å². The Bertz CT molecular complexity index is 650. The van der Waals surface area contributed by atoms with Gasteiger partial charge in [0.05, 0.1) is 0 Å². The molecule has 1 rings (SSSR count). The van der Waals surface area contributed by atoms with Crippen molar-refractivity contribution in [3.63, 3.8) is 0 Å². The van der Waals surface area contributed by atoms with Gasteiger partial charge in [0.2, 0.25) is 11.8 Å². The summed E-state index contributed by atoms with van der Waals surface area (Å²) in [5.74, 6) is -0.126. The van der Waals surface area contributed by atoms with Crippen LogP contribution in [0, 0.1) is 23.7 Å². The Morgan fingerprint density at radius 2 is 0.943 bits per heavy atom. The minimum absolute atomic E-state index is 0.196. The largest absolute Gasteiger partial charge is 0.354 e. The molecule has 0 spiro atoms. The molecule has 0 aromatic rings. The van der Waals surface area contributed by atoms with Gasteiger partial charge in [-0.2, -0.15) is 0 Å². The van der Waals surface area contributed by atoms with Crippen molar-refractivity contribution in [3.8, 4) is 0 Å². The van der Waals surface area contributed by atoms with Crippen molar-refractivity contribution in [3.05, 3.63) is 0 Å². The van der Waals surface area contributed by atoms with Gasteiger partial charge in [-0.1, -0.05) is 55.4 Å². The number of carbonyl (C=O) groups excluding carboxylic acids is 4. The summed E-state index contributed by atoms with van der Waals surface area (Å²) >= 11 is 0. The summed E-state index contributed by atoms with van der Waals surface area (Å²) in [7, 11) is 0. The van der Waals surface area contributed by atoms with E-state index in [0.29, 0.717) is 37.8 Å². The Balaban J connectivity index is 2.66. The molecule has 0 aliphatic carbocycles. The van der Waals surface area contributed by atoms with E-state index in [-0.39, 0.29) is 23.7 Å². The zero-order chi connectivity index (χ0) is 26.7. The summed E-state index contributed by atoms with van der Waals surface area (Å²) < 4.78 is 5.35. The molecule has 4 amide bonds. The van der Waals surface area contributed by atoms with E-state index < -0.39 is 36.1 Å². The van der Waals surface area contributed by atoms with Crippen LogP contribution in [0.1, 0.15) is 81.1 Å². The highest BCUT2D eigenvalue weighted by Gasteiger charge is 2.51. The quantitative estimate of drug-likeness (QED) is 0.243. The molecule has 35 heavy (non-hydrogen) atoms. The van der Waals surface area contributed by atoms with Crippen molar-refractivity contribution >= 4 is 23.6 Å². The van der Waals surface area contributed by atoms with Crippen LogP contribution < -0.4 is 21.3 Å². The first kappa shape index (κ1) is 30.9. The normalized spacial score (nSPS) is 19.0. The lowest BCUT2D eigenvalue weighted by Gasteiger charge is -2.21. The van der Waals surface area contributed by atoms with Crippen LogP contribution in [0.5, 0.6) is 0 Å². The molecule has 0 aromatic heterocycles. The maximum Gasteiger partial charge on any atom is 0.253 e. The third-order valence-corrected chi connectivity index (χ3v) is 5.73. The highest BCUT2D eigenvalue weighted by Crippen LogP contribution is 2.23. The predicted molar refractivity (Wildman–Crippen MR) is 136 cm³/mol. The molecule has 0 radical (unpaired) electrons. The second-order valence-corrected chi connectivity index (χ2v) is 11.3. The number of amides is 4. The fraction of sp³-hybridized carbons (Fsp3) is 0.846. The topological polar surface area (TPSA) is 129 Å². The third kappa shape index (κ3) is 12.4. The van der Waals surface area contributed by atoms with Crippen molar-refractivity contribution in [1.82, 2.24) is 21.3 Å². The Morgan fingerprint density at radius 1 is 0.600 bits per heavy atom. The van der Waals surface area contributed by atoms with Gasteiger partial charge in [-0.25, -0.2) is 0 Å². The molecular weight excluding hydrogens is 448 g/mol. The number of carbonyl (C=O) groups is 4. The minimum atomic E-state index is -0.961. The fourth-order valence-corrected chi connectivity index (χ4v) is 3.64. The molecule has 1 aliphatic heterocycles. The Kier molecular flexibility index (Phi) is 13.3. The van der Waals surface area contributed by atoms with Gasteiger partial charge in [0.25, 0.3) is 11.8 Å². The molecule has 9 nitrogen and oxygen atoms in total. The monoisotopic (exact) mass is 496 g/mol. The number of rotatable bonds is 16. The summed E-state index contributed by atoms with van der Waals surface area (Å²) in [5, 5.41) is 11.2. The van der Waals surface area contributed by atoms with Crippen LogP contribution in [-0.2, 0) is 23.9 Å². The van der Waals surface area contributed by atoms with Crippen molar-refractivity contribution in [2.24, 2.45) is 23.7 Å². The van der Waals surface area contributed by atoms with Gasteiger partial charge >= 0.3 is 0 Å². The Labute approximate surface area is 211 Å². The molecule has 4 atom stereocenters. The van der Waals surface area contributed by atoms with Gasteiger partial charge in [0.1, 0.15) is 12.1 Å². The predicted octanol–water partition coefficient (Wildman–Crippen LogP) is 2.14. The van der Waals surface area contributed by atoms with Crippen molar-refractivity contribution in [2.45, 2.75) is 105 Å². The number of epoxide rings is 1. The number of hydrogen-bond acceptors (Lipinski definition) is 5. The van der Waals surface area contributed by atoms with E-state index in [4.69, 9.17) is 4.74 Å². The molecule has 4 N–H and O–H groups in total. The zero-order valence-electron chi connectivity index (χ0n) is 22.9. The lowest BCUT2D eigenvalue weighted by Crippen LogP contribution is -2.51. The molecular formula is C26H48N4O5. The third-order valence-electron chi connectivity index (χ3n) is 5.73. The number of nitrogens with one attached hydrogen (secondary N) is 4. The van der Waals surface area contributed by atoms with Crippen LogP contribution in [0.25, 0.3) is 0 Å². The summed E-state index contributed by atoms with van der Waals surface area (Å²) in [5.41, 5.74) is 0. The minimum Gasteiger partial charge on any atom is -0.354 e. The maximum atomic E-state index is 12.7. The lowest BCUT2D eigenvalue weighted by atomic mass is 10.0. The molecule has 1 aliphatic rings. The van der Waals surface area contributed by atoms with Crippen molar-refractivity contribution < 1.29 is 23.9 Å². The van der Waals surface area contributed by atoms with Gasteiger partial charge in [0, 0.05) is 13.1 Å². The van der Waals surface area contributed by atoms with Crippen LogP contribution in [0.3, 0.4) is 0 Å². The fourth-order valence-electron chi connectivity index (χ4n) is 3.64. The molecule has 1 fully saturated rings. The molecule has 202 valence electrons. The van der Waals surface area contributed by atoms with E-state index in [9.17, 15) is 19.2 Å². The smallest absolute Gasteiger partial charge is 0.253 e. The first-order valence-corrected chi connectivity index (χ1v) is 13.1. The Morgan fingerprint density at radius 3 is 1.23 bits per heavy atom. The van der Waals surface area contributed by atoms with Gasteiger partial charge in [-0.05, 0) is 49.4 Å². The highest BCUT2D eigenvalue weighted by atomic mass is 16.6. The average Bonchev–Trinajstić information content (AvgIpc) is 3.52. The SMILES string of the molecule is CC(C)CCNC(=O)[C@H](CC(C)C)NC(=O)[C@H]1O[C@@H]1C(=O)N[C@@H](CC(C)C)C(=O)NCCC(C)C. The van der Waals surface area contributed by atoms with Crippen LogP contribution in [-0.4, -0.2) is 61.0 Å². The average molecular weight is 497 g/mol. The van der Waals surface area contributed by atoms with E-state index in [1.54, 1.807) is 0 Å². The molecule has 0 bridgehead atoms. The molecule has 1 heterocycles. The molecule has 0 unspecified atom stereocenters. The summed E-state index contributed by atoms with van der Waals surface area (Å²) in [6, 6.07) is -1.38. The van der Waals surface area contributed by atoms with E-state index in [2.05, 4.69) is 49.0 Å². The van der Waals surface area contributed by atoms with Gasteiger partial charge in [-0.3, -0.25) is 19.2 Å². The maximum absolute atomic E-state index is 12.7. The zero-order valence-corrected chi connectivity index (χ0v) is 22.9. The summed E-state index contributed by atoms with van der Waals surface area (Å²) in [6.07, 6.45) is 0.745. The first-order chi connectivity index (χ1) is 16.3. The lowest BCUT2D eigenvalue weighted by molar-refractivity contribution is -0.130. The molecule has 9 heteroatoms. The van der Waals surface area contributed by atoms with Crippen LogP contribution in [0.4, 0.5) is 0 Å². The van der Waals surface area contributed by atoms with Crippen LogP contribution in [0.15, 0.2) is 0 Å². The van der Waals surface area contributed by atoms with E-state index in [1.165, 1.54) is 0 Å². The van der Waals surface area contributed by atoms with Crippen molar-refractivity contribution in [2.75, 3.05) is 13.1 Å². The van der Waals surface area contributed by atoms with Gasteiger partial charge < -0.3 is 26.0 Å².